The van der Waals surface area contributed by atoms with E-state index in [0.717, 1.165) is 31.9 Å². The SMILES string of the molecule is CN(c1ccc(C2CCCC2)cc1)c1nc(OC2CCCCC2)ncc1C(F)(F)F. The smallest absolute Gasteiger partial charge is 0.421 e. The fourth-order valence-electron chi connectivity index (χ4n) is 4.55. The van der Waals surface area contributed by atoms with Crippen LogP contribution in [0, 0.1) is 0 Å². The van der Waals surface area contributed by atoms with E-state index in [4.69, 9.17) is 4.74 Å². The number of ether oxygens (including phenoxy) is 1. The van der Waals surface area contributed by atoms with Gasteiger partial charge in [-0.2, -0.15) is 18.2 Å². The van der Waals surface area contributed by atoms with Crippen molar-refractivity contribution < 1.29 is 17.9 Å². The Labute approximate surface area is 175 Å². The number of nitrogens with zero attached hydrogens (tertiary/aromatic N) is 3. The van der Waals surface area contributed by atoms with Gasteiger partial charge in [-0.25, -0.2) is 4.98 Å². The third-order valence-electron chi connectivity index (χ3n) is 6.30. The van der Waals surface area contributed by atoms with E-state index in [1.165, 1.54) is 42.6 Å². The molecule has 2 aromatic rings. The molecule has 4 nitrogen and oxygen atoms in total. The maximum atomic E-state index is 13.6. The Balaban J connectivity index is 1.60. The van der Waals surface area contributed by atoms with Crippen molar-refractivity contribution in [1.29, 1.82) is 0 Å². The fraction of sp³-hybridized carbons (Fsp3) is 0.565. The molecule has 2 saturated carbocycles. The van der Waals surface area contributed by atoms with Crippen LogP contribution < -0.4 is 9.64 Å². The van der Waals surface area contributed by atoms with Crippen LogP contribution in [0.1, 0.15) is 74.8 Å². The molecule has 0 atom stereocenters. The lowest BCUT2D eigenvalue weighted by atomic mass is 9.97. The highest BCUT2D eigenvalue weighted by Gasteiger charge is 2.37. The number of benzene rings is 1. The molecule has 0 saturated heterocycles. The van der Waals surface area contributed by atoms with Gasteiger partial charge in [0.05, 0.1) is 0 Å². The molecule has 0 spiro atoms. The van der Waals surface area contributed by atoms with Gasteiger partial charge in [-0.05, 0) is 62.1 Å². The zero-order valence-electron chi connectivity index (χ0n) is 17.3. The lowest BCUT2D eigenvalue weighted by Gasteiger charge is -2.25. The quantitative estimate of drug-likeness (QED) is 0.545. The van der Waals surface area contributed by atoms with Crippen LogP contribution in [0.5, 0.6) is 6.01 Å². The minimum Gasteiger partial charge on any atom is -0.460 e. The number of anilines is 2. The number of alkyl halides is 3. The van der Waals surface area contributed by atoms with Crippen LogP contribution in [-0.4, -0.2) is 23.1 Å². The Bertz CT molecular complexity index is 842. The van der Waals surface area contributed by atoms with Gasteiger partial charge in [-0.3, -0.25) is 0 Å². The number of aromatic nitrogens is 2. The summed E-state index contributed by atoms with van der Waals surface area (Å²) in [5, 5.41) is 0. The average Bonchev–Trinajstić information content (AvgIpc) is 3.28. The molecule has 2 fully saturated rings. The third-order valence-corrected chi connectivity index (χ3v) is 6.30. The highest BCUT2D eigenvalue weighted by atomic mass is 19.4. The number of halogens is 3. The molecule has 4 rings (SSSR count). The molecule has 0 unspecified atom stereocenters. The molecule has 0 amide bonds. The van der Waals surface area contributed by atoms with Gasteiger partial charge in [-0.15, -0.1) is 0 Å². The molecule has 2 aliphatic rings. The monoisotopic (exact) mass is 419 g/mol. The minimum absolute atomic E-state index is 0.0133. The lowest BCUT2D eigenvalue weighted by Crippen LogP contribution is -2.23. The van der Waals surface area contributed by atoms with Gasteiger partial charge in [0.25, 0.3) is 0 Å². The van der Waals surface area contributed by atoms with Crippen molar-refractivity contribution in [1.82, 2.24) is 9.97 Å². The van der Waals surface area contributed by atoms with Crippen LogP contribution >= 0.6 is 0 Å². The molecular weight excluding hydrogens is 391 g/mol. The Morgan fingerprint density at radius 3 is 2.20 bits per heavy atom. The molecule has 162 valence electrons. The zero-order chi connectivity index (χ0) is 21.1. The van der Waals surface area contributed by atoms with Crippen LogP contribution in [0.2, 0.25) is 0 Å². The van der Waals surface area contributed by atoms with Crippen molar-refractivity contribution in [3.05, 3.63) is 41.6 Å². The van der Waals surface area contributed by atoms with E-state index in [0.29, 0.717) is 11.6 Å². The molecule has 0 radical (unpaired) electrons. The van der Waals surface area contributed by atoms with Crippen LogP contribution in [0.4, 0.5) is 24.7 Å². The van der Waals surface area contributed by atoms with Gasteiger partial charge in [0.2, 0.25) is 0 Å². The van der Waals surface area contributed by atoms with Gasteiger partial charge >= 0.3 is 12.2 Å². The first kappa shape index (κ1) is 20.9. The summed E-state index contributed by atoms with van der Waals surface area (Å²) in [5.74, 6) is 0.376. The summed E-state index contributed by atoms with van der Waals surface area (Å²) in [6, 6.07) is 7.81. The van der Waals surface area contributed by atoms with Crippen LogP contribution in [0.3, 0.4) is 0 Å². The van der Waals surface area contributed by atoms with Gasteiger partial charge in [0.15, 0.2) is 5.82 Å². The fourth-order valence-corrected chi connectivity index (χ4v) is 4.55. The largest absolute Gasteiger partial charge is 0.460 e. The second-order valence-corrected chi connectivity index (χ2v) is 8.40. The summed E-state index contributed by atoms with van der Waals surface area (Å²) in [7, 11) is 1.60. The molecule has 0 bridgehead atoms. The number of hydrogen-bond donors (Lipinski definition) is 0. The summed E-state index contributed by atoms with van der Waals surface area (Å²) in [6.45, 7) is 0. The average molecular weight is 419 g/mol. The van der Waals surface area contributed by atoms with E-state index < -0.39 is 11.7 Å². The van der Waals surface area contributed by atoms with Crippen molar-refractivity contribution in [3.8, 4) is 6.01 Å². The second-order valence-electron chi connectivity index (χ2n) is 8.40. The number of hydrogen-bond acceptors (Lipinski definition) is 4. The molecule has 1 heterocycles. The maximum absolute atomic E-state index is 13.6. The van der Waals surface area contributed by atoms with Gasteiger partial charge in [-0.1, -0.05) is 31.4 Å². The molecule has 2 aliphatic carbocycles. The topological polar surface area (TPSA) is 38.2 Å². The molecule has 30 heavy (non-hydrogen) atoms. The van der Waals surface area contributed by atoms with Crippen LogP contribution in [0.25, 0.3) is 0 Å². The molecule has 0 N–H and O–H groups in total. The van der Waals surface area contributed by atoms with Gasteiger partial charge < -0.3 is 9.64 Å². The van der Waals surface area contributed by atoms with Crippen LogP contribution in [-0.2, 0) is 6.18 Å². The Hall–Kier alpha value is -2.31. The predicted octanol–water partition coefficient (Wildman–Crippen LogP) is 6.63. The summed E-state index contributed by atoms with van der Waals surface area (Å²) < 4.78 is 46.7. The van der Waals surface area contributed by atoms with E-state index in [1.54, 1.807) is 7.05 Å². The van der Waals surface area contributed by atoms with E-state index >= 15 is 0 Å². The molecule has 0 aliphatic heterocycles. The lowest BCUT2D eigenvalue weighted by molar-refractivity contribution is -0.137. The first-order chi connectivity index (χ1) is 14.4. The van der Waals surface area contributed by atoms with E-state index in [2.05, 4.69) is 9.97 Å². The van der Waals surface area contributed by atoms with Crippen LogP contribution in [0.15, 0.2) is 30.5 Å². The molecule has 1 aromatic carbocycles. The van der Waals surface area contributed by atoms with E-state index in [1.807, 2.05) is 24.3 Å². The molecule has 7 heteroatoms. The maximum Gasteiger partial charge on any atom is 0.421 e. The van der Waals surface area contributed by atoms with Crippen molar-refractivity contribution in [2.45, 2.75) is 76.0 Å². The Morgan fingerprint density at radius 1 is 0.933 bits per heavy atom. The van der Waals surface area contributed by atoms with E-state index in [9.17, 15) is 13.2 Å². The molecule has 1 aromatic heterocycles. The standard InChI is InChI=1S/C23H28F3N3O/c1-29(18-13-11-17(12-14-18)16-7-5-6-8-16)21-20(23(24,25)26)15-27-22(28-21)30-19-9-3-2-4-10-19/h11-16,19H,2-10H2,1H3. The molecular formula is C23H28F3N3O. The first-order valence-electron chi connectivity index (χ1n) is 10.9. The highest BCUT2D eigenvalue weighted by molar-refractivity contribution is 5.63. The van der Waals surface area contributed by atoms with Crippen molar-refractivity contribution in [2.75, 3.05) is 11.9 Å². The third kappa shape index (κ3) is 4.71. The highest BCUT2D eigenvalue weighted by Crippen LogP contribution is 2.39. The summed E-state index contributed by atoms with van der Waals surface area (Å²) in [5.41, 5.74) is 1.05. The summed E-state index contributed by atoms with van der Waals surface area (Å²) in [6.07, 6.45) is 6.17. The van der Waals surface area contributed by atoms with E-state index in [-0.39, 0.29) is 17.9 Å². The van der Waals surface area contributed by atoms with Gasteiger partial charge in [0.1, 0.15) is 11.7 Å². The Kier molecular flexibility index (Phi) is 6.16. The van der Waals surface area contributed by atoms with Crippen molar-refractivity contribution in [3.63, 3.8) is 0 Å². The number of rotatable bonds is 5. The first-order valence-corrected chi connectivity index (χ1v) is 10.9. The van der Waals surface area contributed by atoms with Crippen molar-refractivity contribution in [2.24, 2.45) is 0 Å². The predicted molar refractivity (Wildman–Crippen MR) is 110 cm³/mol. The van der Waals surface area contributed by atoms with Gasteiger partial charge in [0, 0.05) is 18.9 Å². The second kappa shape index (κ2) is 8.82. The summed E-state index contributed by atoms with van der Waals surface area (Å²) in [4.78, 5) is 9.51. The normalized spacial score (nSPS) is 18.5. The summed E-state index contributed by atoms with van der Waals surface area (Å²) >= 11 is 0. The Morgan fingerprint density at radius 2 is 1.57 bits per heavy atom. The zero-order valence-corrected chi connectivity index (χ0v) is 17.3. The van der Waals surface area contributed by atoms with Crippen molar-refractivity contribution >= 4 is 11.5 Å². The minimum atomic E-state index is -4.54.